The number of hydrogen-bond donors (Lipinski definition) is 3. The number of H-pyrrole nitrogens is 1. The Morgan fingerprint density at radius 2 is 2.00 bits per heavy atom. The summed E-state index contributed by atoms with van der Waals surface area (Å²) in [5.41, 5.74) is 2.10. The third-order valence-electron chi connectivity index (χ3n) is 4.90. The standard InChI is InChI=1S/C20H25N3O3/c1-3-7-16-13(2)17(15-10-11-21-19(24)18(15)22-16)23-20(25)26-12-14-8-5-4-6-9-14/h4-6,8-11,13,16-17,22H,3,7,12H2,1-2H3,(H,21,24)(H,23,25)/t13-,16-,17?/m0/s1. The van der Waals surface area contributed by atoms with Crippen LogP contribution in [0.25, 0.3) is 0 Å². The molecule has 2 aromatic rings. The van der Waals surface area contributed by atoms with Gasteiger partial charge in [0.05, 0.1) is 6.04 Å². The number of alkyl carbamates (subject to hydrolysis) is 1. The molecule has 1 aromatic heterocycles. The van der Waals surface area contributed by atoms with Crippen molar-refractivity contribution in [1.82, 2.24) is 10.3 Å². The van der Waals surface area contributed by atoms with Gasteiger partial charge in [-0.15, -0.1) is 0 Å². The summed E-state index contributed by atoms with van der Waals surface area (Å²) in [4.78, 5) is 27.2. The van der Waals surface area contributed by atoms with Gasteiger partial charge in [-0.2, -0.15) is 0 Å². The molecule has 0 fully saturated rings. The van der Waals surface area contributed by atoms with Gasteiger partial charge in [-0.25, -0.2) is 4.79 Å². The number of fused-ring (bicyclic) bond motifs is 1. The fraction of sp³-hybridized carbons (Fsp3) is 0.400. The van der Waals surface area contributed by atoms with Crippen molar-refractivity contribution >= 4 is 11.8 Å². The highest BCUT2D eigenvalue weighted by atomic mass is 16.5. The first kappa shape index (κ1) is 18.0. The molecule has 1 aliphatic rings. The molecule has 0 aliphatic carbocycles. The molecule has 26 heavy (non-hydrogen) atoms. The van der Waals surface area contributed by atoms with Gasteiger partial charge in [-0.1, -0.05) is 50.6 Å². The molecule has 1 amide bonds. The number of ether oxygens (including phenoxy) is 1. The van der Waals surface area contributed by atoms with Crippen molar-refractivity contribution in [1.29, 1.82) is 0 Å². The van der Waals surface area contributed by atoms with Gasteiger partial charge in [-0.05, 0) is 18.1 Å². The zero-order valence-electron chi connectivity index (χ0n) is 15.1. The molecular formula is C20H25N3O3. The molecule has 0 radical (unpaired) electrons. The zero-order valence-corrected chi connectivity index (χ0v) is 15.1. The molecular weight excluding hydrogens is 330 g/mol. The van der Waals surface area contributed by atoms with Crippen molar-refractivity contribution in [2.75, 3.05) is 5.32 Å². The van der Waals surface area contributed by atoms with Crippen molar-refractivity contribution < 1.29 is 9.53 Å². The van der Waals surface area contributed by atoms with Crippen molar-refractivity contribution in [2.45, 2.75) is 45.4 Å². The summed E-state index contributed by atoms with van der Waals surface area (Å²) in [5.74, 6) is 0.133. The van der Waals surface area contributed by atoms with Crippen LogP contribution >= 0.6 is 0 Å². The summed E-state index contributed by atoms with van der Waals surface area (Å²) >= 11 is 0. The maximum absolute atomic E-state index is 12.3. The summed E-state index contributed by atoms with van der Waals surface area (Å²) in [7, 11) is 0. The number of anilines is 1. The van der Waals surface area contributed by atoms with Crippen molar-refractivity contribution in [3.8, 4) is 0 Å². The number of aromatic nitrogens is 1. The minimum absolute atomic E-state index is 0.121. The van der Waals surface area contributed by atoms with E-state index in [1.165, 1.54) is 0 Å². The van der Waals surface area contributed by atoms with Crippen LogP contribution in [0, 0.1) is 5.92 Å². The van der Waals surface area contributed by atoms with Crippen LogP contribution in [0.5, 0.6) is 0 Å². The second-order valence-electron chi connectivity index (χ2n) is 6.72. The summed E-state index contributed by atoms with van der Waals surface area (Å²) < 4.78 is 5.36. The van der Waals surface area contributed by atoms with Crippen LogP contribution in [-0.2, 0) is 11.3 Å². The van der Waals surface area contributed by atoms with E-state index in [9.17, 15) is 9.59 Å². The van der Waals surface area contributed by atoms with E-state index < -0.39 is 6.09 Å². The van der Waals surface area contributed by atoms with Gasteiger partial charge in [-0.3, -0.25) is 4.79 Å². The molecule has 138 valence electrons. The third-order valence-corrected chi connectivity index (χ3v) is 4.90. The first-order valence-corrected chi connectivity index (χ1v) is 9.05. The van der Waals surface area contributed by atoms with Gasteiger partial charge >= 0.3 is 6.09 Å². The lowest BCUT2D eigenvalue weighted by Crippen LogP contribution is -2.45. The van der Waals surface area contributed by atoms with Gasteiger partial charge in [0, 0.05) is 23.7 Å². The number of aromatic amines is 1. The number of nitrogens with one attached hydrogen (secondary N) is 3. The average Bonchev–Trinajstić information content (AvgIpc) is 2.65. The van der Waals surface area contributed by atoms with Crippen LogP contribution in [0.3, 0.4) is 0 Å². The Bertz CT molecular complexity index is 803. The van der Waals surface area contributed by atoms with Gasteiger partial charge in [0.25, 0.3) is 5.56 Å². The fourth-order valence-electron chi connectivity index (χ4n) is 3.48. The topological polar surface area (TPSA) is 83.2 Å². The fourth-order valence-corrected chi connectivity index (χ4v) is 3.48. The number of carbonyl (C=O) groups excluding carboxylic acids is 1. The highest BCUT2D eigenvalue weighted by Crippen LogP contribution is 2.36. The number of benzene rings is 1. The average molecular weight is 355 g/mol. The van der Waals surface area contributed by atoms with E-state index in [0.29, 0.717) is 5.69 Å². The molecule has 1 unspecified atom stereocenters. The lowest BCUT2D eigenvalue weighted by Gasteiger charge is -2.38. The summed E-state index contributed by atoms with van der Waals surface area (Å²) in [6.45, 7) is 4.40. The molecule has 0 bridgehead atoms. The van der Waals surface area contributed by atoms with Crippen molar-refractivity contribution in [2.24, 2.45) is 5.92 Å². The van der Waals surface area contributed by atoms with Gasteiger partial charge in [0.1, 0.15) is 12.3 Å². The van der Waals surface area contributed by atoms with Gasteiger partial charge in [0.2, 0.25) is 0 Å². The van der Waals surface area contributed by atoms with Crippen molar-refractivity contribution in [3.63, 3.8) is 0 Å². The monoisotopic (exact) mass is 355 g/mol. The van der Waals surface area contributed by atoms with Gasteiger partial charge in [0.15, 0.2) is 0 Å². The Morgan fingerprint density at radius 1 is 1.23 bits per heavy atom. The Hall–Kier alpha value is -2.76. The number of rotatable bonds is 5. The van der Waals surface area contributed by atoms with Gasteiger partial charge < -0.3 is 20.4 Å². The van der Waals surface area contributed by atoms with Crippen LogP contribution < -0.4 is 16.2 Å². The quantitative estimate of drug-likeness (QED) is 0.766. The summed E-state index contributed by atoms with van der Waals surface area (Å²) in [5, 5.41) is 6.30. The molecule has 1 aromatic carbocycles. The molecule has 3 rings (SSSR count). The molecule has 3 N–H and O–H groups in total. The van der Waals surface area contributed by atoms with Crippen molar-refractivity contribution in [3.05, 3.63) is 64.1 Å². The normalized spacial score (nSPS) is 21.4. The Balaban J connectivity index is 1.75. The lowest BCUT2D eigenvalue weighted by molar-refractivity contribution is 0.130. The Morgan fingerprint density at radius 3 is 2.73 bits per heavy atom. The number of amides is 1. The molecule has 6 heteroatoms. The Labute approximate surface area is 153 Å². The predicted octanol–water partition coefficient (Wildman–Crippen LogP) is 3.57. The predicted molar refractivity (Wildman–Crippen MR) is 101 cm³/mol. The minimum atomic E-state index is -0.478. The van der Waals surface area contributed by atoms with Crippen LogP contribution in [0.1, 0.15) is 43.9 Å². The van der Waals surface area contributed by atoms with Crippen LogP contribution in [0.4, 0.5) is 10.5 Å². The number of pyridine rings is 1. The maximum Gasteiger partial charge on any atom is 0.407 e. The summed E-state index contributed by atoms with van der Waals surface area (Å²) in [6.07, 6.45) is 3.05. The van der Waals surface area contributed by atoms with Crippen LogP contribution in [0.2, 0.25) is 0 Å². The molecule has 0 saturated carbocycles. The van der Waals surface area contributed by atoms with Crippen LogP contribution in [0.15, 0.2) is 47.4 Å². The first-order chi connectivity index (χ1) is 12.6. The molecule has 0 spiro atoms. The highest BCUT2D eigenvalue weighted by Gasteiger charge is 2.35. The SMILES string of the molecule is CCC[C@@H]1Nc2c(cc[nH]c2=O)C(NC(=O)OCc2ccccc2)[C@H]1C. The molecule has 6 nitrogen and oxygen atoms in total. The molecule has 0 saturated heterocycles. The maximum atomic E-state index is 12.3. The highest BCUT2D eigenvalue weighted by molar-refractivity contribution is 5.69. The Kier molecular flexibility index (Phi) is 5.61. The van der Waals surface area contributed by atoms with E-state index in [0.717, 1.165) is 24.0 Å². The minimum Gasteiger partial charge on any atom is -0.445 e. The largest absolute Gasteiger partial charge is 0.445 e. The van der Waals surface area contributed by atoms with E-state index in [4.69, 9.17) is 4.74 Å². The van der Waals surface area contributed by atoms with E-state index in [1.807, 2.05) is 36.4 Å². The van der Waals surface area contributed by atoms with E-state index in [2.05, 4.69) is 29.5 Å². The van der Waals surface area contributed by atoms with E-state index in [1.54, 1.807) is 6.20 Å². The van der Waals surface area contributed by atoms with E-state index in [-0.39, 0.29) is 30.2 Å². The summed E-state index contributed by atoms with van der Waals surface area (Å²) in [6, 6.07) is 11.2. The zero-order chi connectivity index (χ0) is 18.5. The molecule has 1 aliphatic heterocycles. The lowest BCUT2D eigenvalue weighted by atomic mass is 9.82. The molecule has 3 atom stereocenters. The van der Waals surface area contributed by atoms with Crippen LogP contribution in [-0.4, -0.2) is 17.1 Å². The number of hydrogen-bond acceptors (Lipinski definition) is 4. The molecule has 2 heterocycles. The third kappa shape index (κ3) is 3.90. The second kappa shape index (κ2) is 8.08. The second-order valence-corrected chi connectivity index (χ2v) is 6.72. The number of carbonyl (C=O) groups is 1. The first-order valence-electron chi connectivity index (χ1n) is 9.05. The smallest absolute Gasteiger partial charge is 0.407 e. The van der Waals surface area contributed by atoms with E-state index >= 15 is 0 Å².